The Bertz CT molecular complexity index is 628. The van der Waals surface area contributed by atoms with Crippen molar-refractivity contribution in [2.75, 3.05) is 0 Å². The highest BCUT2D eigenvalue weighted by Crippen LogP contribution is 2.16. The van der Waals surface area contributed by atoms with Crippen LogP contribution >= 0.6 is 11.6 Å². The molecular weight excluding hydrogens is 286 g/mol. The van der Waals surface area contributed by atoms with Gasteiger partial charge >= 0.3 is 0 Å². The van der Waals surface area contributed by atoms with Crippen molar-refractivity contribution in [1.82, 2.24) is 5.32 Å². The predicted molar refractivity (Wildman–Crippen MR) is 84.6 cm³/mol. The van der Waals surface area contributed by atoms with Crippen LogP contribution in [-0.2, 0) is 11.3 Å². The Kier molecular flexibility index (Phi) is 5.23. The summed E-state index contributed by atoms with van der Waals surface area (Å²) >= 11 is 6.05. The SMILES string of the molecule is Cc1cccc(O[C@@H](C)C(=O)NCc2ccccc2Cl)c1. The minimum Gasteiger partial charge on any atom is -0.481 e. The van der Waals surface area contributed by atoms with Crippen molar-refractivity contribution in [1.29, 1.82) is 0 Å². The van der Waals surface area contributed by atoms with Gasteiger partial charge in [-0.3, -0.25) is 4.79 Å². The molecule has 0 spiro atoms. The van der Waals surface area contributed by atoms with E-state index in [9.17, 15) is 4.79 Å². The minimum absolute atomic E-state index is 0.170. The van der Waals surface area contributed by atoms with Crippen molar-refractivity contribution < 1.29 is 9.53 Å². The fraction of sp³-hybridized carbons (Fsp3) is 0.235. The van der Waals surface area contributed by atoms with E-state index in [1.165, 1.54) is 0 Å². The average Bonchev–Trinajstić information content (AvgIpc) is 2.46. The number of halogens is 1. The molecular formula is C17H18ClNO2. The molecule has 4 heteroatoms. The van der Waals surface area contributed by atoms with Crippen molar-refractivity contribution in [2.45, 2.75) is 26.5 Å². The lowest BCUT2D eigenvalue weighted by Gasteiger charge is -2.15. The van der Waals surface area contributed by atoms with Crippen LogP contribution < -0.4 is 10.1 Å². The molecule has 0 unspecified atom stereocenters. The van der Waals surface area contributed by atoms with Gasteiger partial charge in [0.15, 0.2) is 6.10 Å². The number of hydrogen-bond donors (Lipinski definition) is 1. The Balaban J connectivity index is 1.90. The van der Waals surface area contributed by atoms with Crippen LogP contribution in [0.15, 0.2) is 48.5 Å². The second kappa shape index (κ2) is 7.14. The van der Waals surface area contributed by atoms with Gasteiger partial charge in [0, 0.05) is 11.6 Å². The van der Waals surface area contributed by atoms with E-state index in [1.807, 2.05) is 49.4 Å². The molecule has 1 N–H and O–H groups in total. The van der Waals surface area contributed by atoms with Crippen LogP contribution in [0, 0.1) is 6.92 Å². The summed E-state index contributed by atoms with van der Waals surface area (Å²) in [5.74, 6) is 0.520. The first-order valence-electron chi connectivity index (χ1n) is 6.80. The summed E-state index contributed by atoms with van der Waals surface area (Å²) in [5, 5.41) is 3.47. The number of hydrogen-bond acceptors (Lipinski definition) is 2. The summed E-state index contributed by atoms with van der Waals surface area (Å²) in [7, 11) is 0. The first-order chi connectivity index (χ1) is 10.1. The van der Waals surface area contributed by atoms with Crippen LogP contribution in [0.3, 0.4) is 0 Å². The van der Waals surface area contributed by atoms with E-state index in [1.54, 1.807) is 13.0 Å². The summed E-state index contributed by atoms with van der Waals surface area (Å²) in [6.45, 7) is 4.10. The van der Waals surface area contributed by atoms with Gasteiger partial charge in [0.1, 0.15) is 5.75 Å². The molecule has 0 heterocycles. The Morgan fingerprint density at radius 3 is 2.71 bits per heavy atom. The van der Waals surface area contributed by atoms with Crippen LogP contribution in [0.2, 0.25) is 5.02 Å². The molecule has 2 aromatic rings. The molecule has 1 atom stereocenters. The van der Waals surface area contributed by atoms with Gasteiger partial charge in [0.25, 0.3) is 5.91 Å². The van der Waals surface area contributed by atoms with Crippen molar-refractivity contribution in [3.63, 3.8) is 0 Å². The van der Waals surface area contributed by atoms with Gasteiger partial charge in [-0.05, 0) is 43.2 Å². The summed E-state index contributed by atoms with van der Waals surface area (Å²) in [6.07, 6.45) is -0.561. The number of rotatable bonds is 5. The van der Waals surface area contributed by atoms with E-state index in [4.69, 9.17) is 16.3 Å². The Labute approximate surface area is 129 Å². The quantitative estimate of drug-likeness (QED) is 0.914. The van der Waals surface area contributed by atoms with Crippen molar-refractivity contribution in [3.8, 4) is 5.75 Å². The lowest BCUT2D eigenvalue weighted by Crippen LogP contribution is -2.35. The third kappa shape index (κ3) is 4.50. The standard InChI is InChI=1S/C17H18ClNO2/c1-12-6-5-8-15(10-12)21-13(2)17(20)19-11-14-7-3-4-9-16(14)18/h3-10,13H,11H2,1-2H3,(H,19,20)/t13-/m0/s1. The summed E-state index contributed by atoms with van der Waals surface area (Å²) in [6, 6.07) is 15.1. The molecule has 1 amide bonds. The highest BCUT2D eigenvalue weighted by Gasteiger charge is 2.14. The van der Waals surface area contributed by atoms with Gasteiger partial charge < -0.3 is 10.1 Å². The molecule has 0 fully saturated rings. The molecule has 0 aliphatic heterocycles. The Morgan fingerprint density at radius 1 is 1.24 bits per heavy atom. The molecule has 2 aromatic carbocycles. The molecule has 0 aromatic heterocycles. The van der Waals surface area contributed by atoms with Crippen LogP contribution in [-0.4, -0.2) is 12.0 Å². The fourth-order valence-electron chi connectivity index (χ4n) is 1.91. The molecule has 2 rings (SSSR count). The molecule has 21 heavy (non-hydrogen) atoms. The number of carbonyl (C=O) groups excluding carboxylic acids is 1. The Morgan fingerprint density at radius 2 is 2.00 bits per heavy atom. The first-order valence-corrected chi connectivity index (χ1v) is 7.18. The van der Waals surface area contributed by atoms with Crippen molar-refractivity contribution in [2.24, 2.45) is 0 Å². The zero-order valence-corrected chi connectivity index (χ0v) is 12.9. The van der Waals surface area contributed by atoms with Crippen LogP contribution in [0.5, 0.6) is 5.75 Å². The van der Waals surface area contributed by atoms with E-state index >= 15 is 0 Å². The molecule has 0 saturated carbocycles. The minimum atomic E-state index is -0.561. The highest BCUT2D eigenvalue weighted by molar-refractivity contribution is 6.31. The summed E-state index contributed by atoms with van der Waals surface area (Å²) in [5.41, 5.74) is 1.98. The average molecular weight is 304 g/mol. The predicted octanol–water partition coefficient (Wildman–Crippen LogP) is 3.73. The molecule has 0 aliphatic carbocycles. The summed E-state index contributed by atoms with van der Waals surface area (Å²) in [4.78, 5) is 12.0. The van der Waals surface area contributed by atoms with E-state index in [-0.39, 0.29) is 5.91 Å². The summed E-state index contributed by atoms with van der Waals surface area (Å²) < 4.78 is 5.63. The second-order valence-electron chi connectivity index (χ2n) is 4.89. The van der Waals surface area contributed by atoms with Crippen LogP contribution in [0.4, 0.5) is 0 Å². The van der Waals surface area contributed by atoms with E-state index < -0.39 is 6.10 Å². The van der Waals surface area contributed by atoms with Gasteiger partial charge in [0.05, 0.1) is 0 Å². The largest absolute Gasteiger partial charge is 0.481 e. The van der Waals surface area contributed by atoms with Gasteiger partial charge in [-0.25, -0.2) is 0 Å². The van der Waals surface area contributed by atoms with Gasteiger partial charge in [0.2, 0.25) is 0 Å². The van der Waals surface area contributed by atoms with Crippen molar-refractivity contribution >= 4 is 17.5 Å². The van der Waals surface area contributed by atoms with Gasteiger partial charge in [-0.1, -0.05) is 41.9 Å². The fourth-order valence-corrected chi connectivity index (χ4v) is 2.12. The lowest BCUT2D eigenvalue weighted by molar-refractivity contribution is -0.127. The monoisotopic (exact) mass is 303 g/mol. The zero-order valence-electron chi connectivity index (χ0n) is 12.1. The molecule has 3 nitrogen and oxygen atoms in total. The number of aryl methyl sites for hydroxylation is 1. The number of benzene rings is 2. The highest BCUT2D eigenvalue weighted by atomic mass is 35.5. The van der Waals surface area contributed by atoms with Crippen LogP contribution in [0.1, 0.15) is 18.1 Å². The second-order valence-corrected chi connectivity index (χ2v) is 5.29. The Hall–Kier alpha value is -2.00. The molecule has 0 radical (unpaired) electrons. The third-order valence-corrected chi connectivity index (χ3v) is 3.45. The third-order valence-electron chi connectivity index (χ3n) is 3.08. The van der Waals surface area contributed by atoms with E-state index in [0.717, 1.165) is 11.1 Å². The normalized spacial score (nSPS) is 11.8. The number of nitrogens with one attached hydrogen (secondary N) is 1. The lowest BCUT2D eigenvalue weighted by atomic mass is 10.2. The van der Waals surface area contributed by atoms with Crippen molar-refractivity contribution in [3.05, 3.63) is 64.7 Å². The van der Waals surface area contributed by atoms with E-state index in [0.29, 0.717) is 17.3 Å². The number of ether oxygens (including phenoxy) is 1. The first kappa shape index (κ1) is 15.4. The molecule has 0 aliphatic rings. The number of amides is 1. The molecule has 110 valence electrons. The van der Waals surface area contributed by atoms with Gasteiger partial charge in [-0.15, -0.1) is 0 Å². The molecule has 0 saturated heterocycles. The smallest absolute Gasteiger partial charge is 0.261 e. The molecule has 0 bridgehead atoms. The van der Waals surface area contributed by atoms with Crippen LogP contribution in [0.25, 0.3) is 0 Å². The maximum atomic E-state index is 12.0. The maximum absolute atomic E-state index is 12.0. The van der Waals surface area contributed by atoms with Gasteiger partial charge in [-0.2, -0.15) is 0 Å². The number of carbonyl (C=O) groups is 1. The van der Waals surface area contributed by atoms with E-state index in [2.05, 4.69) is 5.32 Å². The zero-order chi connectivity index (χ0) is 15.2. The topological polar surface area (TPSA) is 38.3 Å². The maximum Gasteiger partial charge on any atom is 0.261 e.